The fraction of sp³-hybridized carbons (Fsp3) is 0.350. The molecule has 0 saturated carbocycles. The molecule has 2 aliphatic rings. The van der Waals surface area contributed by atoms with E-state index in [0.717, 1.165) is 35.0 Å². The molecule has 0 radical (unpaired) electrons. The fourth-order valence-corrected chi connectivity index (χ4v) is 6.17. The van der Waals surface area contributed by atoms with Crippen molar-refractivity contribution in [2.45, 2.75) is 36.1 Å². The number of rotatable bonds is 4. The zero-order valence-corrected chi connectivity index (χ0v) is 16.9. The van der Waals surface area contributed by atoms with Crippen LogP contribution in [0.5, 0.6) is 5.75 Å². The predicted octanol–water partition coefficient (Wildman–Crippen LogP) is 3.35. The van der Waals surface area contributed by atoms with Gasteiger partial charge in [-0.05, 0) is 37.0 Å². The maximum absolute atomic E-state index is 13.6. The SMILES string of the molecule is COc1cccc(-n2c(SC3CCOC3=O)nc3sc4c(c3c2=O)CCC4)c1. The van der Waals surface area contributed by atoms with Gasteiger partial charge in [0, 0.05) is 17.4 Å². The highest BCUT2D eigenvalue weighted by Gasteiger charge is 2.31. The summed E-state index contributed by atoms with van der Waals surface area (Å²) in [5, 5.41) is 0.904. The van der Waals surface area contributed by atoms with Crippen molar-refractivity contribution in [1.29, 1.82) is 0 Å². The van der Waals surface area contributed by atoms with Gasteiger partial charge < -0.3 is 9.47 Å². The summed E-state index contributed by atoms with van der Waals surface area (Å²) in [6, 6.07) is 7.37. The number of aryl methyl sites for hydroxylation is 2. The fourth-order valence-electron chi connectivity index (χ4n) is 3.79. The summed E-state index contributed by atoms with van der Waals surface area (Å²) in [5.74, 6) is 0.418. The van der Waals surface area contributed by atoms with Crippen molar-refractivity contribution in [1.82, 2.24) is 9.55 Å². The Kier molecular flexibility index (Phi) is 4.40. The molecule has 28 heavy (non-hydrogen) atoms. The highest BCUT2D eigenvalue weighted by Crippen LogP contribution is 2.37. The number of thioether (sulfide) groups is 1. The van der Waals surface area contributed by atoms with E-state index >= 15 is 0 Å². The summed E-state index contributed by atoms with van der Waals surface area (Å²) in [7, 11) is 1.60. The summed E-state index contributed by atoms with van der Waals surface area (Å²) in [6.45, 7) is 0.412. The van der Waals surface area contributed by atoms with Gasteiger partial charge in [-0.25, -0.2) is 4.98 Å². The molecule has 0 amide bonds. The van der Waals surface area contributed by atoms with Crippen molar-refractivity contribution in [2.75, 3.05) is 13.7 Å². The first-order valence-corrected chi connectivity index (χ1v) is 10.9. The average Bonchev–Trinajstić information content (AvgIpc) is 3.38. The smallest absolute Gasteiger partial charge is 0.319 e. The van der Waals surface area contributed by atoms with Crippen LogP contribution in [0.4, 0.5) is 0 Å². The van der Waals surface area contributed by atoms with Gasteiger partial charge in [-0.1, -0.05) is 17.8 Å². The van der Waals surface area contributed by atoms with Crippen LogP contribution >= 0.6 is 23.1 Å². The summed E-state index contributed by atoms with van der Waals surface area (Å²) >= 11 is 2.91. The van der Waals surface area contributed by atoms with Crippen molar-refractivity contribution in [2.24, 2.45) is 0 Å². The topological polar surface area (TPSA) is 70.4 Å². The molecule has 1 fully saturated rings. The van der Waals surface area contributed by atoms with Gasteiger partial charge in [0.1, 0.15) is 15.8 Å². The van der Waals surface area contributed by atoms with E-state index in [9.17, 15) is 9.59 Å². The number of fused-ring (bicyclic) bond motifs is 3. The quantitative estimate of drug-likeness (QED) is 0.482. The van der Waals surface area contributed by atoms with Gasteiger partial charge in [0.15, 0.2) is 5.16 Å². The number of cyclic esters (lactones) is 1. The van der Waals surface area contributed by atoms with E-state index < -0.39 is 0 Å². The van der Waals surface area contributed by atoms with E-state index in [1.54, 1.807) is 23.0 Å². The molecule has 1 aromatic carbocycles. The van der Waals surface area contributed by atoms with Crippen molar-refractivity contribution < 1.29 is 14.3 Å². The van der Waals surface area contributed by atoms with E-state index in [4.69, 9.17) is 14.5 Å². The van der Waals surface area contributed by atoms with Crippen molar-refractivity contribution in [3.8, 4) is 11.4 Å². The van der Waals surface area contributed by atoms with Crippen molar-refractivity contribution in [3.63, 3.8) is 0 Å². The first kappa shape index (κ1) is 17.8. The molecular formula is C20H18N2O4S2. The molecule has 0 bridgehead atoms. The number of ether oxygens (including phenoxy) is 2. The maximum Gasteiger partial charge on any atom is 0.319 e. The van der Waals surface area contributed by atoms with Gasteiger partial charge in [-0.2, -0.15) is 0 Å². The molecule has 1 unspecified atom stereocenters. The number of aromatic nitrogens is 2. The molecule has 6 nitrogen and oxygen atoms in total. The standard InChI is InChI=1S/C20H18N2O4S2/c1-25-12-5-2-4-11(10-12)22-18(23)16-13-6-3-7-14(13)27-17(16)21-20(22)28-15-8-9-26-19(15)24/h2,4-5,10,15H,3,6-9H2,1H3. The van der Waals surface area contributed by atoms with Crippen LogP contribution in [0.2, 0.25) is 0 Å². The molecule has 0 spiro atoms. The summed E-state index contributed by atoms with van der Waals surface area (Å²) in [5.41, 5.74) is 1.75. The Bertz CT molecular complexity index is 1150. The van der Waals surface area contributed by atoms with Crippen molar-refractivity contribution >= 4 is 39.3 Å². The molecule has 3 heterocycles. The molecule has 2 aromatic heterocycles. The van der Waals surface area contributed by atoms with E-state index in [-0.39, 0.29) is 16.8 Å². The number of carbonyl (C=O) groups is 1. The summed E-state index contributed by atoms with van der Waals surface area (Å²) in [6.07, 6.45) is 3.63. The molecular weight excluding hydrogens is 396 g/mol. The Morgan fingerprint density at radius 1 is 1.32 bits per heavy atom. The molecule has 144 valence electrons. The van der Waals surface area contributed by atoms with E-state index in [1.165, 1.54) is 16.6 Å². The molecule has 3 aromatic rings. The molecule has 1 aliphatic heterocycles. The third kappa shape index (κ3) is 2.82. The van der Waals surface area contributed by atoms with Crippen LogP contribution in [-0.4, -0.2) is 34.5 Å². The third-order valence-electron chi connectivity index (χ3n) is 5.15. The van der Waals surface area contributed by atoms with Crippen molar-refractivity contribution in [3.05, 3.63) is 45.1 Å². The number of esters is 1. The number of nitrogens with zero attached hydrogens (tertiary/aromatic N) is 2. The number of benzene rings is 1. The minimum atomic E-state index is -0.340. The maximum atomic E-state index is 13.6. The largest absolute Gasteiger partial charge is 0.497 e. The second-order valence-corrected chi connectivity index (χ2v) is 9.09. The summed E-state index contributed by atoms with van der Waals surface area (Å²) < 4.78 is 12.1. The lowest BCUT2D eigenvalue weighted by molar-refractivity contribution is -0.137. The van der Waals surface area contributed by atoms with Gasteiger partial charge in [0.2, 0.25) is 0 Å². The van der Waals surface area contributed by atoms with E-state index in [0.29, 0.717) is 29.6 Å². The molecule has 1 saturated heterocycles. The zero-order valence-electron chi connectivity index (χ0n) is 15.3. The third-order valence-corrected chi connectivity index (χ3v) is 7.54. The highest BCUT2D eigenvalue weighted by molar-refractivity contribution is 8.00. The number of carbonyl (C=O) groups excluding carboxylic acids is 1. The second-order valence-electron chi connectivity index (χ2n) is 6.84. The lowest BCUT2D eigenvalue weighted by Crippen LogP contribution is -2.23. The first-order valence-electron chi connectivity index (χ1n) is 9.20. The Labute approximate surface area is 169 Å². The van der Waals surface area contributed by atoms with Gasteiger partial charge in [-0.15, -0.1) is 11.3 Å². The lowest BCUT2D eigenvalue weighted by Gasteiger charge is -2.14. The van der Waals surface area contributed by atoms with Gasteiger partial charge in [-0.3, -0.25) is 14.2 Å². The van der Waals surface area contributed by atoms with Gasteiger partial charge in [0.25, 0.3) is 5.56 Å². The van der Waals surface area contributed by atoms with Crippen LogP contribution in [0.1, 0.15) is 23.3 Å². The van der Waals surface area contributed by atoms with E-state index in [1.807, 2.05) is 24.3 Å². The second kappa shape index (κ2) is 6.93. The molecule has 8 heteroatoms. The van der Waals surface area contributed by atoms with E-state index in [2.05, 4.69) is 0 Å². The zero-order chi connectivity index (χ0) is 19.3. The van der Waals surface area contributed by atoms with Crippen LogP contribution in [0.25, 0.3) is 15.9 Å². The molecule has 1 aliphatic carbocycles. The lowest BCUT2D eigenvalue weighted by atomic mass is 10.2. The van der Waals surface area contributed by atoms with Crippen LogP contribution in [0, 0.1) is 0 Å². The Morgan fingerprint density at radius 2 is 2.21 bits per heavy atom. The molecule has 1 atom stereocenters. The average molecular weight is 415 g/mol. The Morgan fingerprint density at radius 3 is 3.00 bits per heavy atom. The normalized spacial score (nSPS) is 18.5. The number of methoxy groups -OCH3 is 1. The number of hydrogen-bond donors (Lipinski definition) is 0. The minimum Gasteiger partial charge on any atom is -0.497 e. The molecule has 0 N–H and O–H groups in total. The predicted molar refractivity (Wildman–Crippen MR) is 109 cm³/mol. The molecule has 5 rings (SSSR count). The van der Waals surface area contributed by atoms with Gasteiger partial charge >= 0.3 is 5.97 Å². The van der Waals surface area contributed by atoms with Gasteiger partial charge in [0.05, 0.1) is 24.8 Å². The monoisotopic (exact) mass is 414 g/mol. The Balaban J connectivity index is 1.74. The van der Waals surface area contributed by atoms with Crippen LogP contribution in [0.15, 0.2) is 34.2 Å². The minimum absolute atomic E-state index is 0.0773. The number of hydrogen-bond acceptors (Lipinski definition) is 7. The Hall–Kier alpha value is -2.32. The van der Waals surface area contributed by atoms with Crippen LogP contribution in [-0.2, 0) is 22.4 Å². The van der Waals surface area contributed by atoms with Crippen LogP contribution in [0.3, 0.4) is 0 Å². The van der Waals surface area contributed by atoms with Crippen LogP contribution < -0.4 is 10.3 Å². The summed E-state index contributed by atoms with van der Waals surface area (Å²) in [4.78, 5) is 32.5. The first-order chi connectivity index (χ1) is 13.7. The number of thiophene rings is 1. The highest BCUT2D eigenvalue weighted by atomic mass is 32.2.